The molecule has 0 saturated carbocycles. The molecule has 6 heteroatoms. The predicted octanol–water partition coefficient (Wildman–Crippen LogP) is 1.84. The molecule has 0 unspecified atom stereocenters. The van der Waals surface area contributed by atoms with Gasteiger partial charge < -0.3 is 14.9 Å². The lowest BCUT2D eigenvalue weighted by molar-refractivity contribution is 0.271. The van der Waals surface area contributed by atoms with Gasteiger partial charge in [-0.15, -0.1) is 0 Å². The molecule has 1 aromatic heterocycles. The molecule has 2 rings (SSSR count). The van der Waals surface area contributed by atoms with Crippen LogP contribution in [0.5, 0.6) is 5.75 Å². The van der Waals surface area contributed by atoms with Gasteiger partial charge in [-0.2, -0.15) is 0 Å². The molecular weight excluding hydrogens is 254 g/mol. The average molecular weight is 267 g/mol. The summed E-state index contributed by atoms with van der Waals surface area (Å²) >= 11 is 0. The van der Waals surface area contributed by atoms with E-state index in [-0.39, 0.29) is 17.2 Å². The third kappa shape index (κ3) is 2.84. The molecule has 2 N–H and O–H groups in total. The lowest BCUT2D eigenvalue weighted by Gasteiger charge is -2.08. The Morgan fingerprint density at radius 3 is 2.67 bits per heavy atom. The number of benzene rings is 1. The Bertz CT molecular complexity index is 632. The molecule has 0 amide bonds. The molecule has 0 atom stereocenters. The first-order chi connectivity index (χ1) is 8.47. The van der Waals surface area contributed by atoms with E-state index < -0.39 is 9.84 Å². The predicted molar refractivity (Wildman–Crippen MR) is 67.0 cm³/mol. The third-order valence-corrected chi connectivity index (χ3v) is 3.47. The first-order valence-electron chi connectivity index (χ1n) is 5.21. The minimum atomic E-state index is -3.25. The number of nitrogens with two attached hydrogens (primary N) is 1. The van der Waals surface area contributed by atoms with E-state index in [0.29, 0.717) is 11.5 Å². The van der Waals surface area contributed by atoms with Crippen LogP contribution in [0.1, 0.15) is 5.76 Å². The fourth-order valence-corrected chi connectivity index (χ4v) is 2.09. The Labute approximate surface area is 105 Å². The van der Waals surface area contributed by atoms with E-state index >= 15 is 0 Å². The molecule has 0 aliphatic heterocycles. The summed E-state index contributed by atoms with van der Waals surface area (Å²) in [5, 5.41) is 0. The Balaban J connectivity index is 2.15. The van der Waals surface area contributed by atoms with Gasteiger partial charge in [0.05, 0.1) is 16.8 Å². The summed E-state index contributed by atoms with van der Waals surface area (Å²) < 4.78 is 33.2. The van der Waals surface area contributed by atoms with Gasteiger partial charge in [0.2, 0.25) is 0 Å². The van der Waals surface area contributed by atoms with Crippen molar-refractivity contribution in [3.8, 4) is 5.75 Å². The number of rotatable bonds is 4. The first kappa shape index (κ1) is 12.5. The van der Waals surface area contributed by atoms with Gasteiger partial charge in [-0.3, -0.25) is 0 Å². The molecule has 2 aromatic rings. The highest BCUT2D eigenvalue weighted by Crippen LogP contribution is 2.25. The van der Waals surface area contributed by atoms with Gasteiger partial charge in [-0.05, 0) is 30.3 Å². The van der Waals surface area contributed by atoms with Gasteiger partial charge in [0, 0.05) is 6.26 Å². The molecule has 0 spiro atoms. The van der Waals surface area contributed by atoms with Crippen LogP contribution in [0.25, 0.3) is 0 Å². The Morgan fingerprint density at radius 2 is 2.11 bits per heavy atom. The van der Waals surface area contributed by atoms with Crippen LogP contribution in [0.4, 0.5) is 5.69 Å². The molecule has 18 heavy (non-hydrogen) atoms. The van der Waals surface area contributed by atoms with E-state index in [2.05, 4.69) is 0 Å². The summed E-state index contributed by atoms with van der Waals surface area (Å²) in [5.74, 6) is 1.10. The maximum atomic E-state index is 11.3. The van der Waals surface area contributed by atoms with Gasteiger partial charge in [-0.25, -0.2) is 8.42 Å². The van der Waals surface area contributed by atoms with Crippen molar-refractivity contribution in [1.82, 2.24) is 0 Å². The summed E-state index contributed by atoms with van der Waals surface area (Å²) in [5.41, 5.74) is 6.02. The average Bonchev–Trinajstić information content (AvgIpc) is 2.79. The zero-order valence-corrected chi connectivity index (χ0v) is 10.6. The number of sulfone groups is 1. The molecule has 1 heterocycles. The van der Waals surface area contributed by atoms with Gasteiger partial charge >= 0.3 is 0 Å². The van der Waals surface area contributed by atoms with Crippen molar-refractivity contribution in [3.05, 3.63) is 42.4 Å². The quantitative estimate of drug-likeness (QED) is 0.855. The van der Waals surface area contributed by atoms with E-state index in [1.165, 1.54) is 18.2 Å². The molecule has 0 saturated heterocycles. The Kier molecular flexibility index (Phi) is 3.29. The maximum absolute atomic E-state index is 11.3. The van der Waals surface area contributed by atoms with Crippen LogP contribution in [0.2, 0.25) is 0 Å². The minimum Gasteiger partial charge on any atom is -0.483 e. The van der Waals surface area contributed by atoms with Crippen LogP contribution in [0.3, 0.4) is 0 Å². The van der Waals surface area contributed by atoms with E-state index in [1.54, 1.807) is 18.4 Å². The third-order valence-electron chi connectivity index (χ3n) is 2.36. The first-order valence-corrected chi connectivity index (χ1v) is 7.11. The SMILES string of the molecule is CS(=O)(=O)c1ccc(OCc2ccco2)c(N)c1. The van der Waals surface area contributed by atoms with E-state index in [0.717, 1.165) is 6.26 Å². The van der Waals surface area contributed by atoms with E-state index in [1.807, 2.05) is 0 Å². The molecular formula is C12H13NO4S. The second-order valence-electron chi connectivity index (χ2n) is 3.84. The van der Waals surface area contributed by atoms with Crippen molar-refractivity contribution in [2.24, 2.45) is 0 Å². The number of ether oxygens (including phenoxy) is 1. The van der Waals surface area contributed by atoms with Crippen LogP contribution in [-0.2, 0) is 16.4 Å². The highest BCUT2D eigenvalue weighted by atomic mass is 32.2. The van der Waals surface area contributed by atoms with Crippen molar-refractivity contribution in [3.63, 3.8) is 0 Å². The number of hydrogen-bond acceptors (Lipinski definition) is 5. The second kappa shape index (κ2) is 4.73. The number of furan rings is 1. The molecule has 0 aliphatic rings. The van der Waals surface area contributed by atoms with Crippen molar-refractivity contribution in [1.29, 1.82) is 0 Å². The molecule has 1 aromatic carbocycles. The van der Waals surface area contributed by atoms with Crippen LogP contribution in [0.15, 0.2) is 45.9 Å². The summed E-state index contributed by atoms with van der Waals surface area (Å²) in [6.45, 7) is 0.245. The molecule has 0 bridgehead atoms. The smallest absolute Gasteiger partial charge is 0.175 e. The standard InChI is InChI=1S/C12H13NO4S/c1-18(14,15)10-4-5-12(11(13)7-10)17-8-9-3-2-6-16-9/h2-7H,8,13H2,1H3. The zero-order valence-electron chi connectivity index (χ0n) is 9.79. The zero-order chi connectivity index (χ0) is 13.2. The fraction of sp³-hybridized carbons (Fsp3) is 0.167. The van der Waals surface area contributed by atoms with Gasteiger partial charge in [0.1, 0.15) is 18.1 Å². The van der Waals surface area contributed by atoms with Crippen molar-refractivity contribution in [2.75, 3.05) is 12.0 Å². The molecule has 0 aliphatic carbocycles. The molecule has 0 fully saturated rings. The van der Waals surface area contributed by atoms with Crippen molar-refractivity contribution >= 4 is 15.5 Å². The molecule has 96 valence electrons. The van der Waals surface area contributed by atoms with Gasteiger partial charge in [0.25, 0.3) is 0 Å². The number of hydrogen-bond donors (Lipinski definition) is 1. The summed E-state index contributed by atoms with van der Waals surface area (Å²) in [7, 11) is -3.25. The monoisotopic (exact) mass is 267 g/mol. The highest BCUT2D eigenvalue weighted by molar-refractivity contribution is 7.90. The fourth-order valence-electron chi connectivity index (χ4n) is 1.43. The lowest BCUT2D eigenvalue weighted by Crippen LogP contribution is -2.01. The summed E-state index contributed by atoms with van der Waals surface area (Å²) in [4.78, 5) is 0.172. The topological polar surface area (TPSA) is 82.5 Å². The normalized spacial score (nSPS) is 11.4. The van der Waals surface area contributed by atoms with Crippen LogP contribution in [0, 0.1) is 0 Å². The van der Waals surface area contributed by atoms with E-state index in [9.17, 15) is 8.42 Å². The number of nitrogen functional groups attached to an aromatic ring is 1. The minimum absolute atomic E-state index is 0.172. The highest BCUT2D eigenvalue weighted by Gasteiger charge is 2.10. The summed E-state index contributed by atoms with van der Waals surface area (Å²) in [6.07, 6.45) is 2.68. The molecule has 0 radical (unpaired) electrons. The Morgan fingerprint density at radius 1 is 1.33 bits per heavy atom. The van der Waals surface area contributed by atoms with Crippen molar-refractivity contribution in [2.45, 2.75) is 11.5 Å². The van der Waals surface area contributed by atoms with Gasteiger partial charge in [-0.1, -0.05) is 0 Å². The maximum Gasteiger partial charge on any atom is 0.175 e. The van der Waals surface area contributed by atoms with E-state index in [4.69, 9.17) is 14.9 Å². The number of anilines is 1. The lowest BCUT2D eigenvalue weighted by atomic mass is 10.3. The Hall–Kier alpha value is -1.95. The molecule has 5 nitrogen and oxygen atoms in total. The van der Waals surface area contributed by atoms with Crippen molar-refractivity contribution < 1.29 is 17.6 Å². The largest absolute Gasteiger partial charge is 0.483 e. The van der Waals surface area contributed by atoms with Crippen LogP contribution < -0.4 is 10.5 Å². The van der Waals surface area contributed by atoms with Crippen LogP contribution in [-0.4, -0.2) is 14.7 Å². The summed E-state index contributed by atoms with van der Waals surface area (Å²) in [6, 6.07) is 7.92. The van der Waals surface area contributed by atoms with Crippen LogP contribution >= 0.6 is 0 Å². The second-order valence-corrected chi connectivity index (χ2v) is 5.86. The van der Waals surface area contributed by atoms with Gasteiger partial charge in [0.15, 0.2) is 9.84 Å².